The maximum atomic E-state index is 10.7. The van der Waals surface area contributed by atoms with Gasteiger partial charge in [0.1, 0.15) is 12.2 Å². The first-order chi connectivity index (χ1) is 7.15. The van der Waals surface area contributed by atoms with E-state index >= 15 is 0 Å². The standard InChI is InChI=1S/C8H17O7P/c1-3-4(2)6(10)8(7(11)5(3)9)15-16(12,13)14/h3-11H,1-2H3,(H2,12,13,14). The molecule has 1 fully saturated rings. The lowest BCUT2D eigenvalue weighted by Gasteiger charge is -2.43. The van der Waals surface area contributed by atoms with Crippen molar-refractivity contribution in [2.45, 2.75) is 38.3 Å². The molecule has 0 aromatic carbocycles. The molecule has 0 aromatic rings. The van der Waals surface area contributed by atoms with Gasteiger partial charge in [-0.25, -0.2) is 4.57 Å². The van der Waals surface area contributed by atoms with Gasteiger partial charge in [-0.3, -0.25) is 4.52 Å². The Bertz CT molecular complexity index is 274. The fourth-order valence-corrected chi connectivity index (χ4v) is 2.48. The van der Waals surface area contributed by atoms with E-state index in [1.165, 1.54) is 0 Å². The van der Waals surface area contributed by atoms with Crippen LogP contribution in [0, 0.1) is 11.8 Å². The minimum absolute atomic E-state index is 0.387. The van der Waals surface area contributed by atoms with Gasteiger partial charge >= 0.3 is 7.82 Å². The zero-order valence-corrected chi connectivity index (χ0v) is 9.86. The van der Waals surface area contributed by atoms with Crippen molar-refractivity contribution in [1.29, 1.82) is 0 Å². The Labute approximate surface area is 92.9 Å². The molecule has 0 radical (unpaired) electrons. The number of rotatable bonds is 2. The molecule has 0 spiro atoms. The van der Waals surface area contributed by atoms with Crippen LogP contribution in [0.5, 0.6) is 0 Å². The Morgan fingerprint density at radius 2 is 1.38 bits per heavy atom. The Kier molecular flexibility index (Phi) is 4.13. The number of phosphoric ester groups is 1. The van der Waals surface area contributed by atoms with Crippen LogP contribution in [0.1, 0.15) is 13.8 Å². The second-order valence-corrected chi connectivity index (χ2v) is 5.44. The smallest absolute Gasteiger partial charge is 0.390 e. The monoisotopic (exact) mass is 256 g/mol. The summed E-state index contributed by atoms with van der Waals surface area (Å²) in [5.74, 6) is -0.823. The largest absolute Gasteiger partial charge is 0.470 e. The number of hydrogen-bond acceptors (Lipinski definition) is 5. The molecule has 1 aliphatic carbocycles. The second kappa shape index (κ2) is 4.70. The van der Waals surface area contributed by atoms with E-state index in [2.05, 4.69) is 4.52 Å². The molecule has 0 aromatic heterocycles. The number of aliphatic hydroxyl groups excluding tert-OH is 3. The van der Waals surface area contributed by atoms with Crippen molar-refractivity contribution in [3.05, 3.63) is 0 Å². The van der Waals surface area contributed by atoms with Crippen LogP contribution in [0.4, 0.5) is 0 Å². The predicted octanol–water partition coefficient (Wildman–Crippen LogP) is -1.17. The summed E-state index contributed by atoms with van der Waals surface area (Å²) in [7, 11) is -4.81. The number of phosphoric acid groups is 1. The molecular weight excluding hydrogens is 239 g/mol. The summed E-state index contributed by atoms with van der Waals surface area (Å²) < 4.78 is 15.0. The summed E-state index contributed by atoms with van der Waals surface area (Å²) in [5.41, 5.74) is 0. The van der Waals surface area contributed by atoms with Crippen molar-refractivity contribution in [1.82, 2.24) is 0 Å². The van der Waals surface area contributed by atoms with Crippen molar-refractivity contribution in [3.8, 4) is 0 Å². The molecule has 0 amide bonds. The van der Waals surface area contributed by atoms with Crippen LogP contribution < -0.4 is 0 Å². The van der Waals surface area contributed by atoms with Gasteiger partial charge < -0.3 is 25.1 Å². The van der Waals surface area contributed by atoms with E-state index in [0.717, 1.165) is 0 Å². The molecule has 8 heteroatoms. The van der Waals surface area contributed by atoms with E-state index in [0.29, 0.717) is 0 Å². The summed E-state index contributed by atoms with van der Waals surface area (Å²) in [4.78, 5) is 17.3. The maximum absolute atomic E-state index is 10.7. The van der Waals surface area contributed by atoms with Crippen molar-refractivity contribution in [2.24, 2.45) is 11.8 Å². The highest BCUT2D eigenvalue weighted by atomic mass is 31.2. The van der Waals surface area contributed by atoms with Gasteiger partial charge in [0.2, 0.25) is 0 Å². The molecule has 5 N–H and O–H groups in total. The van der Waals surface area contributed by atoms with Gasteiger partial charge in [-0.2, -0.15) is 0 Å². The summed E-state index contributed by atoms with van der Waals surface area (Å²) in [6.45, 7) is 3.25. The van der Waals surface area contributed by atoms with E-state index in [-0.39, 0.29) is 5.92 Å². The van der Waals surface area contributed by atoms with Crippen LogP contribution in [0.3, 0.4) is 0 Å². The molecule has 1 aliphatic rings. The van der Waals surface area contributed by atoms with E-state index < -0.39 is 38.2 Å². The van der Waals surface area contributed by atoms with Gasteiger partial charge in [0.05, 0.1) is 12.2 Å². The molecule has 0 bridgehead atoms. The van der Waals surface area contributed by atoms with Gasteiger partial charge in [0, 0.05) is 0 Å². The fourth-order valence-electron chi connectivity index (χ4n) is 1.91. The van der Waals surface area contributed by atoms with Crippen LogP contribution in [-0.4, -0.2) is 49.5 Å². The SMILES string of the molecule is CC1C(C)C(O)C(OP(=O)(O)O)C(O)C1O. The van der Waals surface area contributed by atoms with Crippen molar-refractivity contribution in [3.63, 3.8) is 0 Å². The molecule has 0 aliphatic heterocycles. The molecule has 96 valence electrons. The molecule has 0 heterocycles. The fraction of sp³-hybridized carbons (Fsp3) is 1.00. The third-order valence-electron chi connectivity index (χ3n) is 3.19. The molecular formula is C8H17O7P. The molecule has 0 saturated heterocycles. The average Bonchev–Trinajstić information content (AvgIpc) is 2.17. The highest BCUT2D eigenvalue weighted by Gasteiger charge is 2.48. The van der Waals surface area contributed by atoms with E-state index in [4.69, 9.17) is 9.79 Å². The normalized spacial score (nSPS) is 45.7. The molecule has 6 atom stereocenters. The average molecular weight is 256 g/mol. The van der Waals surface area contributed by atoms with Crippen LogP contribution in [-0.2, 0) is 9.09 Å². The summed E-state index contributed by atoms with van der Waals surface area (Å²) in [5, 5.41) is 28.9. The third kappa shape index (κ3) is 2.81. The molecule has 1 rings (SSSR count). The molecule has 6 unspecified atom stereocenters. The minimum Gasteiger partial charge on any atom is -0.390 e. The van der Waals surface area contributed by atoms with Gasteiger partial charge in [-0.15, -0.1) is 0 Å². The summed E-state index contributed by atoms with van der Waals surface area (Å²) >= 11 is 0. The maximum Gasteiger partial charge on any atom is 0.470 e. The summed E-state index contributed by atoms with van der Waals surface area (Å²) in [6, 6.07) is 0. The Hall–Kier alpha value is -0.0100. The Balaban J connectivity index is 2.87. The first-order valence-electron chi connectivity index (χ1n) is 4.93. The molecule has 7 nitrogen and oxygen atoms in total. The minimum atomic E-state index is -4.81. The predicted molar refractivity (Wildman–Crippen MR) is 53.3 cm³/mol. The van der Waals surface area contributed by atoms with Crippen LogP contribution in [0.2, 0.25) is 0 Å². The second-order valence-electron chi connectivity index (χ2n) is 4.25. The first-order valence-corrected chi connectivity index (χ1v) is 6.46. The zero-order chi connectivity index (χ0) is 12.7. The van der Waals surface area contributed by atoms with Crippen molar-refractivity contribution in [2.75, 3.05) is 0 Å². The van der Waals surface area contributed by atoms with E-state index in [1.807, 2.05) is 0 Å². The molecule has 16 heavy (non-hydrogen) atoms. The van der Waals surface area contributed by atoms with Crippen molar-refractivity contribution >= 4 is 7.82 Å². The zero-order valence-electron chi connectivity index (χ0n) is 8.96. The van der Waals surface area contributed by atoms with E-state index in [1.54, 1.807) is 13.8 Å². The topological polar surface area (TPSA) is 127 Å². The van der Waals surface area contributed by atoms with Gasteiger partial charge in [0.25, 0.3) is 0 Å². The molecule has 1 saturated carbocycles. The van der Waals surface area contributed by atoms with Gasteiger partial charge in [-0.1, -0.05) is 13.8 Å². The third-order valence-corrected chi connectivity index (χ3v) is 3.71. The lowest BCUT2D eigenvalue weighted by molar-refractivity contribution is -0.172. The lowest BCUT2D eigenvalue weighted by Crippen LogP contribution is -2.57. The number of hydrogen-bond donors (Lipinski definition) is 5. The highest BCUT2D eigenvalue weighted by Crippen LogP contribution is 2.43. The van der Waals surface area contributed by atoms with Crippen LogP contribution in [0.15, 0.2) is 0 Å². The lowest BCUT2D eigenvalue weighted by atomic mass is 9.74. The highest BCUT2D eigenvalue weighted by molar-refractivity contribution is 7.46. The quantitative estimate of drug-likeness (QED) is 0.394. The van der Waals surface area contributed by atoms with Crippen LogP contribution in [0.25, 0.3) is 0 Å². The summed E-state index contributed by atoms with van der Waals surface area (Å²) in [6.07, 6.45) is -5.42. The van der Waals surface area contributed by atoms with Crippen LogP contribution >= 0.6 is 7.82 Å². The number of aliphatic hydroxyl groups is 3. The Morgan fingerprint density at radius 3 is 1.81 bits per heavy atom. The van der Waals surface area contributed by atoms with Gasteiger partial charge in [0.15, 0.2) is 0 Å². The first kappa shape index (κ1) is 14.1. The van der Waals surface area contributed by atoms with Crippen molar-refractivity contribution < 1.29 is 34.2 Å². The van der Waals surface area contributed by atoms with E-state index in [9.17, 15) is 19.9 Å². The van der Waals surface area contributed by atoms with Gasteiger partial charge in [-0.05, 0) is 11.8 Å². The Morgan fingerprint density at radius 1 is 0.938 bits per heavy atom.